The normalized spacial score (nSPS) is 10.4. The number of rotatable bonds is 11. The molecule has 1 aromatic heterocycles. The van der Waals surface area contributed by atoms with Crippen molar-refractivity contribution in [3.8, 4) is 11.5 Å². The zero-order valence-corrected chi connectivity index (χ0v) is 17.9. The van der Waals surface area contributed by atoms with Gasteiger partial charge in [-0.25, -0.2) is 0 Å². The molecule has 5 nitrogen and oxygen atoms in total. The van der Waals surface area contributed by atoms with E-state index in [-0.39, 0.29) is 5.91 Å². The second kappa shape index (κ2) is 11.9. The van der Waals surface area contributed by atoms with Gasteiger partial charge in [0.2, 0.25) is 0 Å². The van der Waals surface area contributed by atoms with Crippen molar-refractivity contribution < 1.29 is 14.3 Å². The number of hydrogen-bond donors (Lipinski definition) is 1. The number of hydrogen-bond acceptors (Lipinski definition) is 5. The molecule has 0 aliphatic carbocycles. The summed E-state index contributed by atoms with van der Waals surface area (Å²) in [6, 6.07) is 19.4. The number of carbonyl (C=O) groups is 1. The van der Waals surface area contributed by atoms with Crippen LogP contribution in [0.3, 0.4) is 0 Å². The number of amides is 1. The molecular formula is C24H26N2O3S. The average molecular weight is 423 g/mol. The van der Waals surface area contributed by atoms with E-state index in [0.717, 1.165) is 17.1 Å². The number of nitrogens with zero attached hydrogens (tertiary/aromatic N) is 1. The molecule has 0 saturated heterocycles. The molecule has 1 N–H and O–H groups in total. The molecule has 0 aliphatic rings. The summed E-state index contributed by atoms with van der Waals surface area (Å²) in [5.74, 6) is 2.86. The number of thioether (sulfide) groups is 1. The van der Waals surface area contributed by atoms with Crippen LogP contribution in [-0.2, 0) is 12.4 Å². The Hall–Kier alpha value is -2.99. The maximum Gasteiger partial charge on any atom is 0.251 e. The molecule has 3 rings (SSSR count). The van der Waals surface area contributed by atoms with Gasteiger partial charge in [0.25, 0.3) is 5.91 Å². The average Bonchev–Trinajstić information content (AvgIpc) is 2.79. The second-order valence-electron chi connectivity index (χ2n) is 6.53. The van der Waals surface area contributed by atoms with E-state index in [1.54, 1.807) is 42.4 Å². The van der Waals surface area contributed by atoms with Gasteiger partial charge in [-0.2, -0.15) is 11.8 Å². The van der Waals surface area contributed by atoms with Crippen LogP contribution in [-0.4, -0.2) is 29.8 Å². The molecule has 0 bridgehead atoms. The predicted molar refractivity (Wildman–Crippen MR) is 121 cm³/mol. The van der Waals surface area contributed by atoms with Gasteiger partial charge in [-0.1, -0.05) is 30.3 Å². The highest BCUT2D eigenvalue weighted by atomic mass is 32.2. The van der Waals surface area contributed by atoms with E-state index in [2.05, 4.69) is 22.4 Å². The molecule has 156 valence electrons. The lowest BCUT2D eigenvalue weighted by Gasteiger charge is -2.13. The zero-order chi connectivity index (χ0) is 21.0. The first-order valence-corrected chi connectivity index (χ1v) is 11.1. The number of pyridine rings is 1. The number of aromatic nitrogens is 1. The van der Waals surface area contributed by atoms with Gasteiger partial charge < -0.3 is 14.8 Å². The van der Waals surface area contributed by atoms with Crippen LogP contribution in [0.2, 0.25) is 0 Å². The fourth-order valence-electron chi connectivity index (χ4n) is 2.78. The van der Waals surface area contributed by atoms with Gasteiger partial charge in [0.15, 0.2) is 11.5 Å². The number of ether oxygens (including phenoxy) is 2. The first-order valence-electron chi connectivity index (χ1n) is 9.94. The molecule has 30 heavy (non-hydrogen) atoms. The standard InChI is InChI=1S/C24H26N2O3S/c1-2-28-23-16-21(8-9-22(23)29-17-19-10-12-25-13-11-19)24(27)26-14-15-30-18-20-6-4-3-5-7-20/h3-13,16H,2,14-15,17-18H2,1H3,(H,26,27). The molecule has 0 atom stereocenters. The zero-order valence-electron chi connectivity index (χ0n) is 17.0. The van der Waals surface area contributed by atoms with Crippen LogP contribution < -0.4 is 14.8 Å². The Bertz CT molecular complexity index is 920. The van der Waals surface area contributed by atoms with Crippen LogP contribution >= 0.6 is 11.8 Å². The maximum atomic E-state index is 12.5. The van der Waals surface area contributed by atoms with E-state index in [9.17, 15) is 4.79 Å². The van der Waals surface area contributed by atoms with Crippen molar-refractivity contribution in [3.05, 3.63) is 89.7 Å². The summed E-state index contributed by atoms with van der Waals surface area (Å²) in [7, 11) is 0. The van der Waals surface area contributed by atoms with E-state index in [1.165, 1.54) is 5.56 Å². The molecule has 0 spiro atoms. The van der Waals surface area contributed by atoms with Crippen molar-refractivity contribution in [3.63, 3.8) is 0 Å². The van der Waals surface area contributed by atoms with Crippen molar-refractivity contribution in [1.29, 1.82) is 0 Å². The Labute approximate surface area is 181 Å². The summed E-state index contributed by atoms with van der Waals surface area (Å²) in [6.45, 7) is 3.42. The SMILES string of the molecule is CCOc1cc(C(=O)NCCSCc2ccccc2)ccc1OCc1ccncc1. The van der Waals surface area contributed by atoms with Crippen LogP contribution in [0, 0.1) is 0 Å². The lowest BCUT2D eigenvalue weighted by atomic mass is 10.2. The molecule has 0 saturated carbocycles. The van der Waals surface area contributed by atoms with Crippen LogP contribution in [0.1, 0.15) is 28.4 Å². The smallest absolute Gasteiger partial charge is 0.251 e. The highest BCUT2D eigenvalue weighted by Gasteiger charge is 2.12. The minimum atomic E-state index is -0.114. The van der Waals surface area contributed by atoms with E-state index in [0.29, 0.717) is 36.8 Å². The van der Waals surface area contributed by atoms with Gasteiger partial charge in [-0.05, 0) is 48.4 Å². The molecule has 3 aromatic rings. The first-order chi connectivity index (χ1) is 14.8. The Balaban J connectivity index is 1.50. The molecule has 6 heteroatoms. The third-order valence-electron chi connectivity index (χ3n) is 4.29. The number of benzene rings is 2. The van der Waals surface area contributed by atoms with Gasteiger partial charge in [0.1, 0.15) is 6.61 Å². The third-order valence-corrected chi connectivity index (χ3v) is 5.32. The van der Waals surface area contributed by atoms with Crippen molar-refractivity contribution in [2.45, 2.75) is 19.3 Å². The highest BCUT2D eigenvalue weighted by molar-refractivity contribution is 7.98. The monoisotopic (exact) mass is 422 g/mol. The summed E-state index contributed by atoms with van der Waals surface area (Å²) in [4.78, 5) is 16.5. The fourth-order valence-corrected chi connectivity index (χ4v) is 3.60. The minimum Gasteiger partial charge on any atom is -0.490 e. The van der Waals surface area contributed by atoms with Crippen molar-refractivity contribution in [2.24, 2.45) is 0 Å². The van der Waals surface area contributed by atoms with E-state index in [4.69, 9.17) is 9.47 Å². The predicted octanol–water partition coefficient (Wildman–Crippen LogP) is 4.72. The van der Waals surface area contributed by atoms with Crippen LogP contribution in [0.25, 0.3) is 0 Å². The van der Waals surface area contributed by atoms with Crippen molar-refractivity contribution in [2.75, 3.05) is 18.9 Å². The van der Waals surface area contributed by atoms with E-state index >= 15 is 0 Å². The summed E-state index contributed by atoms with van der Waals surface area (Å²) in [6.07, 6.45) is 3.46. The minimum absolute atomic E-state index is 0.114. The summed E-state index contributed by atoms with van der Waals surface area (Å²) in [5, 5.41) is 2.97. The van der Waals surface area contributed by atoms with E-state index < -0.39 is 0 Å². The molecule has 0 radical (unpaired) electrons. The number of carbonyl (C=O) groups excluding carboxylic acids is 1. The highest BCUT2D eigenvalue weighted by Crippen LogP contribution is 2.29. The van der Waals surface area contributed by atoms with Crippen LogP contribution in [0.4, 0.5) is 0 Å². The molecule has 0 unspecified atom stereocenters. The topological polar surface area (TPSA) is 60.5 Å². The largest absolute Gasteiger partial charge is 0.490 e. The Morgan fingerprint density at radius 1 is 0.967 bits per heavy atom. The number of nitrogens with one attached hydrogen (secondary N) is 1. The lowest BCUT2D eigenvalue weighted by Crippen LogP contribution is -2.25. The summed E-state index contributed by atoms with van der Waals surface area (Å²) < 4.78 is 11.6. The molecule has 2 aromatic carbocycles. The van der Waals surface area contributed by atoms with Gasteiger partial charge in [-0.15, -0.1) is 0 Å². The molecule has 1 heterocycles. The van der Waals surface area contributed by atoms with Crippen LogP contribution in [0.15, 0.2) is 73.1 Å². The molecule has 0 aliphatic heterocycles. The first kappa shape index (κ1) is 21.7. The van der Waals surface area contributed by atoms with Gasteiger partial charge in [-0.3, -0.25) is 9.78 Å². The van der Waals surface area contributed by atoms with Gasteiger partial charge >= 0.3 is 0 Å². The Morgan fingerprint density at radius 3 is 2.53 bits per heavy atom. The summed E-state index contributed by atoms with van der Waals surface area (Å²) in [5.41, 5.74) is 2.86. The maximum absolute atomic E-state index is 12.5. The Kier molecular flexibility index (Phi) is 8.60. The quantitative estimate of drug-likeness (QED) is 0.453. The van der Waals surface area contributed by atoms with E-state index in [1.807, 2.05) is 37.3 Å². The van der Waals surface area contributed by atoms with Crippen LogP contribution in [0.5, 0.6) is 11.5 Å². The lowest BCUT2D eigenvalue weighted by molar-refractivity contribution is 0.0955. The molecule has 0 fully saturated rings. The second-order valence-corrected chi connectivity index (χ2v) is 7.64. The van der Waals surface area contributed by atoms with Gasteiger partial charge in [0.05, 0.1) is 6.61 Å². The third kappa shape index (κ3) is 6.81. The molecule has 1 amide bonds. The van der Waals surface area contributed by atoms with Crippen molar-refractivity contribution >= 4 is 17.7 Å². The summed E-state index contributed by atoms with van der Waals surface area (Å²) >= 11 is 1.80. The van der Waals surface area contributed by atoms with Gasteiger partial charge in [0, 0.05) is 36.0 Å². The molecular weight excluding hydrogens is 396 g/mol. The Morgan fingerprint density at radius 2 is 1.77 bits per heavy atom. The van der Waals surface area contributed by atoms with Crippen molar-refractivity contribution in [1.82, 2.24) is 10.3 Å². The fraction of sp³-hybridized carbons (Fsp3) is 0.250.